The molecule has 1 aromatic rings. The zero-order chi connectivity index (χ0) is 13.1. The Morgan fingerprint density at radius 2 is 2.32 bits per heavy atom. The van der Waals surface area contributed by atoms with E-state index < -0.39 is 0 Å². The number of rotatable bonds is 4. The first-order valence-electron chi connectivity index (χ1n) is 6.68. The van der Waals surface area contributed by atoms with Crippen molar-refractivity contribution in [2.75, 3.05) is 26.7 Å². The summed E-state index contributed by atoms with van der Waals surface area (Å²) in [5.41, 5.74) is 1.26. The van der Waals surface area contributed by atoms with Gasteiger partial charge >= 0.3 is 0 Å². The summed E-state index contributed by atoms with van der Waals surface area (Å²) < 4.78 is 0. The molecule has 5 heteroatoms. The molecule has 0 bridgehead atoms. The molecular weight excluding hydrogens is 280 g/mol. The molecule has 2 heterocycles. The van der Waals surface area contributed by atoms with Crippen LogP contribution in [0.4, 0.5) is 0 Å². The molecule has 0 radical (unpaired) electrons. The third kappa shape index (κ3) is 3.71. The summed E-state index contributed by atoms with van der Waals surface area (Å²) >= 11 is 1.66. The van der Waals surface area contributed by atoms with Crippen molar-refractivity contribution in [3.63, 3.8) is 0 Å². The summed E-state index contributed by atoms with van der Waals surface area (Å²) in [5.74, 6) is 0.840. The van der Waals surface area contributed by atoms with Crippen LogP contribution in [0.5, 0.6) is 0 Å². The first-order chi connectivity index (χ1) is 8.65. The van der Waals surface area contributed by atoms with Crippen LogP contribution in [-0.2, 0) is 6.42 Å². The van der Waals surface area contributed by atoms with Gasteiger partial charge in [-0.15, -0.1) is 23.7 Å². The normalized spacial score (nSPS) is 18.5. The van der Waals surface area contributed by atoms with E-state index in [2.05, 4.69) is 25.2 Å². The van der Waals surface area contributed by atoms with E-state index in [1.165, 1.54) is 10.4 Å². The highest BCUT2D eigenvalue weighted by molar-refractivity contribution is 7.14. The molecule has 1 fully saturated rings. The molecule has 2 rings (SSSR count). The van der Waals surface area contributed by atoms with Gasteiger partial charge in [-0.3, -0.25) is 4.79 Å². The van der Waals surface area contributed by atoms with Crippen molar-refractivity contribution in [1.29, 1.82) is 0 Å². The number of nitrogens with zero attached hydrogens (tertiary/aromatic N) is 1. The van der Waals surface area contributed by atoms with Crippen LogP contribution in [0.15, 0.2) is 6.07 Å². The number of aryl methyl sites for hydroxylation is 2. The molecule has 3 nitrogen and oxygen atoms in total. The van der Waals surface area contributed by atoms with E-state index in [0.29, 0.717) is 5.92 Å². The minimum Gasteiger partial charge on any atom is -0.338 e. The van der Waals surface area contributed by atoms with E-state index in [0.717, 1.165) is 37.4 Å². The first-order valence-corrected chi connectivity index (χ1v) is 7.50. The predicted molar refractivity (Wildman–Crippen MR) is 83.6 cm³/mol. The summed E-state index contributed by atoms with van der Waals surface area (Å²) in [5, 5.41) is 3.20. The maximum Gasteiger partial charge on any atom is 0.263 e. The summed E-state index contributed by atoms with van der Waals surface area (Å²) in [7, 11) is 1.97. The van der Waals surface area contributed by atoms with Crippen molar-refractivity contribution in [2.24, 2.45) is 5.92 Å². The molecule has 1 N–H and O–H groups in total. The number of hydrogen-bond donors (Lipinski definition) is 1. The molecular formula is C14H23ClN2OS. The second kappa shape index (κ2) is 7.27. The van der Waals surface area contributed by atoms with Crippen LogP contribution in [0.3, 0.4) is 0 Å². The first kappa shape index (κ1) is 16.5. The van der Waals surface area contributed by atoms with Crippen LogP contribution in [0.25, 0.3) is 0 Å². The molecule has 1 atom stereocenters. The van der Waals surface area contributed by atoms with Crippen molar-refractivity contribution in [1.82, 2.24) is 10.2 Å². The predicted octanol–water partition coefficient (Wildman–Crippen LogP) is 2.72. The van der Waals surface area contributed by atoms with Gasteiger partial charge in [-0.25, -0.2) is 0 Å². The Bertz CT molecular complexity index is 433. The Hall–Kier alpha value is -0.580. The molecule has 1 aromatic heterocycles. The van der Waals surface area contributed by atoms with E-state index in [-0.39, 0.29) is 18.3 Å². The van der Waals surface area contributed by atoms with Crippen LogP contribution >= 0.6 is 23.7 Å². The lowest BCUT2D eigenvalue weighted by Crippen LogP contribution is -2.29. The quantitative estimate of drug-likeness (QED) is 0.927. The van der Waals surface area contributed by atoms with Gasteiger partial charge in [-0.05, 0) is 50.9 Å². The van der Waals surface area contributed by atoms with Crippen LogP contribution in [0.1, 0.15) is 33.5 Å². The van der Waals surface area contributed by atoms with Crippen molar-refractivity contribution >= 4 is 29.7 Å². The SMILES string of the molecule is CCc1sc(C(=O)N2CCC(CNC)C2)cc1C.Cl. The van der Waals surface area contributed by atoms with Gasteiger partial charge in [0.1, 0.15) is 0 Å². The Morgan fingerprint density at radius 1 is 1.58 bits per heavy atom. The van der Waals surface area contributed by atoms with Gasteiger partial charge in [-0.1, -0.05) is 6.92 Å². The van der Waals surface area contributed by atoms with Crippen LogP contribution < -0.4 is 5.32 Å². The number of carbonyl (C=O) groups excluding carboxylic acids is 1. The molecule has 108 valence electrons. The van der Waals surface area contributed by atoms with E-state index >= 15 is 0 Å². The van der Waals surface area contributed by atoms with Gasteiger partial charge in [0.05, 0.1) is 4.88 Å². The Kier molecular flexibility index (Phi) is 6.30. The summed E-state index contributed by atoms with van der Waals surface area (Å²) in [6.45, 7) is 7.06. The van der Waals surface area contributed by atoms with Gasteiger partial charge in [0, 0.05) is 18.0 Å². The molecule has 1 saturated heterocycles. The molecule has 0 saturated carbocycles. The molecule has 0 spiro atoms. The highest BCUT2D eigenvalue weighted by Crippen LogP contribution is 2.26. The molecule has 1 unspecified atom stereocenters. The smallest absolute Gasteiger partial charge is 0.263 e. The lowest BCUT2D eigenvalue weighted by molar-refractivity contribution is 0.0792. The molecule has 1 aliphatic heterocycles. The van der Waals surface area contributed by atoms with Crippen LogP contribution in [-0.4, -0.2) is 37.5 Å². The monoisotopic (exact) mass is 302 g/mol. The topological polar surface area (TPSA) is 32.3 Å². The van der Waals surface area contributed by atoms with E-state index in [9.17, 15) is 4.79 Å². The highest BCUT2D eigenvalue weighted by Gasteiger charge is 2.27. The molecule has 1 aliphatic rings. The lowest BCUT2D eigenvalue weighted by atomic mass is 10.1. The van der Waals surface area contributed by atoms with Crippen molar-refractivity contribution in [2.45, 2.75) is 26.7 Å². The van der Waals surface area contributed by atoms with Gasteiger partial charge in [0.2, 0.25) is 0 Å². The maximum absolute atomic E-state index is 12.4. The van der Waals surface area contributed by atoms with Gasteiger partial charge in [0.15, 0.2) is 0 Å². The van der Waals surface area contributed by atoms with E-state index in [1.54, 1.807) is 11.3 Å². The second-order valence-corrected chi connectivity index (χ2v) is 6.17. The fraction of sp³-hybridized carbons (Fsp3) is 0.643. The van der Waals surface area contributed by atoms with Gasteiger partial charge in [0.25, 0.3) is 5.91 Å². The van der Waals surface area contributed by atoms with Gasteiger partial charge < -0.3 is 10.2 Å². The summed E-state index contributed by atoms with van der Waals surface area (Å²) in [6.07, 6.45) is 2.14. The molecule has 0 aromatic carbocycles. The maximum atomic E-state index is 12.4. The summed E-state index contributed by atoms with van der Waals surface area (Å²) in [4.78, 5) is 16.6. The number of hydrogen-bond acceptors (Lipinski definition) is 3. The number of nitrogens with one attached hydrogen (secondary N) is 1. The lowest BCUT2D eigenvalue weighted by Gasteiger charge is -2.15. The number of thiophene rings is 1. The zero-order valence-electron chi connectivity index (χ0n) is 11.9. The third-order valence-corrected chi connectivity index (χ3v) is 4.99. The van der Waals surface area contributed by atoms with Crippen molar-refractivity contribution < 1.29 is 4.79 Å². The summed E-state index contributed by atoms with van der Waals surface area (Å²) in [6, 6.07) is 2.05. The average molecular weight is 303 g/mol. The number of halogens is 1. The highest BCUT2D eigenvalue weighted by atomic mass is 35.5. The van der Waals surface area contributed by atoms with Crippen molar-refractivity contribution in [3.05, 3.63) is 21.4 Å². The van der Waals surface area contributed by atoms with E-state index in [4.69, 9.17) is 0 Å². The fourth-order valence-corrected chi connectivity index (χ4v) is 3.69. The largest absolute Gasteiger partial charge is 0.338 e. The average Bonchev–Trinajstić information content (AvgIpc) is 2.95. The fourth-order valence-electron chi connectivity index (χ4n) is 2.60. The second-order valence-electron chi connectivity index (χ2n) is 5.03. The zero-order valence-corrected chi connectivity index (χ0v) is 13.5. The Morgan fingerprint density at radius 3 is 2.89 bits per heavy atom. The molecule has 19 heavy (non-hydrogen) atoms. The van der Waals surface area contributed by atoms with Gasteiger partial charge in [-0.2, -0.15) is 0 Å². The number of carbonyl (C=O) groups is 1. The van der Waals surface area contributed by atoms with E-state index in [1.807, 2.05) is 11.9 Å². The minimum absolute atomic E-state index is 0. The standard InChI is InChI=1S/C14H22N2OS.ClH/c1-4-12-10(2)7-13(18-12)14(17)16-6-5-11(9-16)8-15-3;/h7,11,15H,4-6,8-9H2,1-3H3;1H. The number of amides is 1. The Labute approximate surface area is 125 Å². The Balaban J connectivity index is 0.00000180. The molecule has 1 amide bonds. The van der Waals surface area contributed by atoms with Crippen molar-refractivity contribution in [3.8, 4) is 0 Å². The molecule has 0 aliphatic carbocycles. The third-order valence-electron chi connectivity index (χ3n) is 3.62. The van der Waals surface area contributed by atoms with Crippen LogP contribution in [0.2, 0.25) is 0 Å². The minimum atomic E-state index is 0. The van der Waals surface area contributed by atoms with Crippen LogP contribution in [0, 0.1) is 12.8 Å². The number of likely N-dealkylation sites (tertiary alicyclic amines) is 1.